The molecule has 0 amide bonds. The van der Waals surface area contributed by atoms with Gasteiger partial charge in [0.2, 0.25) is 0 Å². The molecule has 0 aromatic carbocycles. The van der Waals surface area contributed by atoms with Gasteiger partial charge in [0, 0.05) is 31.0 Å². The maximum absolute atomic E-state index is 12.6. The van der Waals surface area contributed by atoms with Crippen LogP contribution < -0.4 is 11.1 Å². The average molecular weight is 345 g/mol. The zero-order valence-corrected chi connectivity index (χ0v) is 14.9. The molecule has 3 heterocycles. The highest BCUT2D eigenvalue weighted by molar-refractivity contribution is 7.98. The van der Waals surface area contributed by atoms with Crippen molar-refractivity contribution in [1.29, 1.82) is 0 Å². The summed E-state index contributed by atoms with van der Waals surface area (Å²) in [4.78, 5) is 33.4. The Balaban J connectivity index is 2.38. The minimum absolute atomic E-state index is 0.0254. The van der Waals surface area contributed by atoms with Crippen LogP contribution in [0.3, 0.4) is 0 Å². The molecule has 0 N–H and O–H groups in total. The third kappa shape index (κ3) is 2.56. The van der Waals surface area contributed by atoms with Crippen molar-refractivity contribution in [3.8, 4) is 5.69 Å². The second-order valence-corrected chi connectivity index (χ2v) is 6.43. The van der Waals surface area contributed by atoms with Crippen molar-refractivity contribution in [1.82, 2.24) is 23.9 Å². The molecular formula is C16H19N5O2S. The fourth-order valence-corrected chi connectivity index (χ4v) is 3.02. The highest BCUT2D eigenvalue weighted by Gasteiger charge is 2.17. The molecule has 3 aromatic rings. The van der Waals surface area contributed by atoms with Gasteiger partial charge in [-0.2, -0.15) is 0 Å². The zero-order chi connectivity index (χ0) is 17.4. The van der Waals surface area contributed by atoms with Crippen LogP contribution in [0.25, 0.3) is 16.7 Å². The first-order chi connectivity index (χ1) is 11.5. The van der Waals surface area contributed by atoms with Gasteiger partial charge in [-0.3, -0.25) is 9.59 Å². The molecule has 0 bridgehead atoms. The van der Waals surface area contributed by atoms with Crippen LogP contribution in [0.2, 0.25) is 0 Å². The maximum Gasteiger partial charge on any atom is 0.278 e. The van der Waals surface area contributed by atoms with Crippen LogP contribution in [0, 0.1) is 0 Å². The standard InChI is InChI=1S/C16H19N5O2S/c1-5-20-15(23)12-8-17-16(24-4)18-14(12)21(20)11-6-7-13(22)19(9-11)10(2)3/h6-10H,5H2,1-4H3. The van der Waals surface area contributed by atoms with Gasteiger partial charge >= 0.3 is 0 Å². The molecule has 0 spiro atoms. The van der Waals surface area contributed by atoms with Crippen LogP contribution in [0.5, 0.6) is 0 Å². The number of fused-ring (bicyclic) bond motifs is 1. The van der Waals surface area contributed by atoms with Gasteiger partial charge in [0.05, 0.1) is 5.69 Å². The van der Waals surface area contributed by atoms with E-state index in [1.54, 1.807) is 32.4 Å². The van der Waals surface area contributed by atoms with E-state index in [1.165, 1.54) is 17.8 Å². The summed E-state index contributed by atoms with van der Waals surface area (Å²) < 4.78 is 5.01. The van der Waals surface area contributed by atoms with Gasteiger partial charge in [0.15, 0.2) is 10.8 Å². The molecule has 24 heavy (non-hydrogen) atoms. The molecule has 0 aliphatic rings. The summed E-state index contributed by atoms with van der Waals surface area (Å²) in [6, 6.07) is 3.26. The van der Waals surface area contributed by atoms with Crippen molar-refractivity contribution in [2.24, 2.45) is 0 Å². The normalized spacial score (nSPS) is 11.5. The molecule has 0 atom stereocenters. The zero-order valence-electron chi connectivity index (χ0n) is 14.1. The molecule has 0 saturated carbocycles. The van der Waals surface area contributed by atoms with Crippen LogP contribution in [-0.2, 0) is 6.54 Å². The van der Waals surface area contributed by atoms with Gasteiger partial charge in [-0.25, -0.2) is 19.3 Å². The lowest BCUT2D eigenvalue weighted by atomic mass is 10.3. The highest BCUT2D eigenvalue weighted by atomic mass is 32.2. The monoisotopic (exact) mass is 345 g/mol. The number of hydrogen-bond acceptors (Lipinski definition) is 5. The predicted molar refractivity (Wildman–Crippen MR) is 95.2 cm³/mol. The number of pyridine rings is 1. The lowest BCUT2D eigenvalue weighted by Gasteiger charge is -2.15. The van der Waals surface area contributed by atoms with E-state index >= 15 is 0 Å². The molecule has 0 radical (unpaired) electrons. The third-order valence-electron chi connectivity index (χ3n) is 3.86. The SMILES string of the molecule is CCn1c(=O)c2cnc(SC)nc2n1-c1ccc(=O)n(C(C)C)c1. The third-order valence-corrected chi connectivity index (χ3v) is 4.42. The molecule has 3 aromatic heterocycles. The minimum Gasteiger partial charge on any atom is -0.311 e. The van der Waals surface area contributed by atoms with Crippen molar-refractivity contribution >= 4 is 22.8 Å². The molecule has 0 saturated heterocycles. The number of rotatable bonds is 4. The minimum atomic E-state index is -0.137. The summed E-state index contributed by atoms with van der Waals surface area (Å²) >= 11 is 1.42. The summed E-state index contributed by atoms with van der Waals surface area (Å²) in [5.41, 5.74) is 1.07. The lowest BCUT2D eigenvalue weighted by molar-refractivity contribution is 0.550. The number of thioether (sulfide) groups is 1. The summed E-state index contributed by atoms with van der Waals surface area (Å²) in [6.45, 7) is 6.28. The van der Waals surface area contributed by atoms with Crippen molar-refractivity contribution in [3.05, 3.63) is 45.2 Å². The molecule has 8 heteroatoms. The topological polar surface area (TPSA) is 74.7 Å². The van der Waals surface area contributed by atoms with Gasteiger partial charge in [0.25, 0.3) is 11.1 Å². The Morgan fingerprint density at radius 1 is 1.25 bits per heavy atom. The molecule has 0 aliphatic carbocycles. The van der Waals surface area contributed by atoms with E-state index in [4.69, 9.17) is 0 Å². The molecule has 3 rings (SSSR count). The Hall–Kier alpha value is -2.35. The van der Waals surface area contributed by atoms with E-state index in [2.05, 4.69) is 9.97 Å². The van der Waals surface area contributed by atoms with Crippen LogP contribution in [-0.4, -0.2) is 30.2 Å². The summed E-state index contributed by atoms with van der Waals surface area (Å²) in [7, 11) is 0. The van der Waals surface area contributed by atoms with E-state index in [-0.39, 0.29) is 17.2 Å². The predicted octanol–water partition coefficient (Wildman–Crippen LogP) is 2.07. The van der Waals surface area contributed by atoms with Crippen molar-refractivity contribution in [2.75, 3.05) is 6.26 Å². The molecule has 0 fully saturated rings. The fourth-order valence-electron chi connectivity index (χ4n) is 2.68. The number of nitrogens with zero attached hydrogens (tertiary/aromatic N) is 5. The van der Waals surface area contributed by atoms with Gasteiger partial charge < -0.3 is 4.57 Å². The maximum atomic E-state index is 12.6. The quantitative estimate of drug-likeness (QED) is 0.534. The van der Waals surface area contributed by atoms with Crippen molar-refractivity contribution < 1.29 is 0 Å². The Morgan fingerprint density at radius 2 is 2.00 bits per heavy atom. The Labute approximate surface area is 142 Å². The van der Waals surface area contributed by atoms with Gasteiger partial charge in [-0.1, -0.05) is 11.8 Å². The van der Waals surface area contributed by atoms with Crippen LogP contribution >= 0.6 is 11.8 Å². The second-order valence-electron chi connectivity index (χ2n) is 5.65. The number of aromatic nitrogens is 5. The molecular weight excluding hydrogens is 326 g/mol. The first-order valence-electron chi connectivity index (χ1n) is 7.73. The molecule has 126 valence electrons. The first-order valence-corrected chi connectivity index (χ1v) is 8.95. The van der Waals surface area contributed by atoms with Crippen molar-refractivity contribution in [2.45, 2.75) is 38.5 Å². The summed E-state index contributed by atoms with van der Waals surface area (Å²) in [6.07, 6.45) is 5.22. The average Bonchev–Trinajstić information content (AvgIpc) is 2.86. The molecule has 0 aliphatic heterocycles. The van der Waals surface area contributed by atoms with Crippen molar-refractivity contribution in [3.63, 3.8) is 0 Å². The van der Waals surface area contributed by atoms with Crippen LogP contribution in [0.4, 0.5) is 0 Å². The van der Waals surface area contributed by atoms with Gasteiger partial charge in [0.1, 0.15) is 5.39 Å². The van der Waals surface area contributed by atoms with E-state index in [0.29, 0.717) is 22.7 Å². The van der Waals surface area contributed by atoms with Crippen LogP contribution in [0.15, 0.2) is 39.3 Å². The molecule has 7 nitrogen and oxygen atoms in total. The second kappa shape index (κ2) is 6.27. The van der Waals surface area contributed by atoms with Crippen LogP contribution in [0.1, 0.15) is 26.8 Å². The first kappa shape index (κ1) is 16.5. The van der Waals surface area contributed by atoms with E-state index in [0.717, 1.165) is 5.69 Å². The Kier molecular flexibility index (Phi) is 4.31. The molecule has 0 unspecified atom stereocenters. The fraction of sp³-hybridized carbons (Fsp3) is 0.375. The Morgan fingerprint density at radius 3 is 2.62 bits per heavy atom. The van der Waals surface area contributed by atoms with E-state index in [1.807, 2.05) is 27.0 Å². The highest BCUT2D eigenvalue weighted by Crippen LogP contribution is 2.18. The van der Waals surface area contributed by atoms with Gasteiger partial charge in [-0.15, -0.1) is 0 Å². The smallest absolute Gasteiger partial charge is 0.278 e. The van der Waals surface area contributed by atoms with E-state index in [9.17, 15) is 9.59 Å². The Bertz CT molecular complexity index is 1020. The summed E-state index contributed by atoms with van der Waals surface area (Å²) in [5, 5.41) is 1.07. The summed E-state index contributed by atoms with van der Waals surface area (Å²) in [5.74, 6) is 0. The van der Waals surface area contributed by atoms with Gasteiger partial charge in [-0.05, 0) is 33.1 Å². The lowest BCUT2D eigenvalue weighted by Crippen LogP contribution is -2.24. The van der Waals surface area contributed by atoms with E-state index < -0.39 is 0 Å². The largest absolute Gasteiger partial charge is 0.311 e. The number of hydrogen-bond donors (Lipinski definition) is 0.